The number of nitriles is 1. The van der Waals surface area contributed by atoms with Gasteiger partial charge >= 0.3 is 0 Å². The number of aliphatic hydroxyl groups excluding tert-OH is 1. The van der Waals surface area contributed by atoms with Crippen molar-refractivity contribution in [1.29, 1.82) is 5.26 Å². The molecule has 16 heavy (non-hydrogen) atoms. The zero-order valence-corrected chi connectivity index (χ0v) is 10.6. The lowest BCUT2D eigenvalue weighted by Gasteiger charge is -2.27. The first-order chi connectivity index (χ1) is 7.69. The summed E-state index contributed by atoms with van der Waals surface area (Å²) in [6.45, 7) is 0. The smallest absolute Gasteiger partial charge is 0.0987 e. The van der Waals surface area contributed by atoms with Crippen LogP contribution in [0.5, 0.6) is 0 Å². The van der Waals surface area contributed by atoms with E-state index in [1.807, 2.05) is 24.3 Å². The number of hydrogen-bond acceptors (Lipinski definition) is 2. The number of hydrogen-bond donors (Lipinski definition) is 1. The summed E-state index contributed by atoms with van der Waals surface area (Å²) in [7, 11) is 0. The van der Waals surface area contributed by atoms with Gasteiger partial charge in [-0.2, -0.15) is 5.26 Å². The van der Waals surface area contributed by atoms with Crippen LogP contribution < -0.4 is 0 Å². The van der Waals surface area contributed by atoms with Crippen molar-refractivity contribution in [2.75, 3.05) is 0 Å². The van der Waals surface area contributed by atoms with E-state index in [1.165, 1.54) is 0 Å². The first kappa shape index (κ1) is 11.6. The second kappa shape index (κ2) is 4.57. The van der Waals surface area contributed by atoms with E-state index in [1.54, 1.807) is 0 Å². The molecule has 1 unspecified atom stereocenters. The summed E-state index contributed by atoms with van der Waals surface area (Å²) in [6, 6.07) is 9.92. The summed E-state index contributed by atoms with van der Waals surface area (Å²) < 4.78 is 0.879. The SMILES string of the molecule is N#CC1(C(O)c2ccccc2Br)CCCC1. The van der Waals surface area contributed by atoms with Crippen molar-refractivity contribution in [3.8, 4) is 6.07 Å². The standard InChI is InChI=1S/C13H14BrNO/c14-11-6-2-1-5-10(11)12(16)13(9-15)7-3-4-8-13/h1-2,5-6,12,16H,3-4,7-8H2. The maximum Gasteiger partial charge on any atom is 0.0987 e. The quantitative estimate of drug-likeness (QED) is 0.900. The highest BCUT2D eigenvalue weighted by atomic mass is 79.9. The average Bonchev–Trinajstić information content (AvgIpc) is 2.78. The number of rotatable bonds is 2. The normalized spacial score (nSPS) is 20.3. The molecule has 1 aromatic carbocycles. The van der Waals surface area contributed by atoms with Crippen LogP contribution in [0.25, 0.3) is 0 Å². The fourth-order valence-electron chi connectivity index (χ4n) is 2.45. The Balaban J connectivity index is 2.35. The molecule has 0 aromatic heterocycles. The lowest BCUT2D eigenvalue weighted by atomic mass is 9.79. The molecular weight excluding hydrogens is 266 g/mol. The van der Waals surface area contributed by atoms with E-state index in [0.717, 1.165) is 35.7 Å². The Labute approximate surface area is 104 Å². The topological polar surface area (TPSA) is 44.0 Å². The van der Waals surface area contributed by atoms with Crippen LogP contribution in [0.3, 0.4) is 0 Å². The van der Waals surface area contributed by atoms with Gasteiger partial charge in [0.15, 0.2) is 0 Å². The molecule has 0 spiro atoms. The monoisotopic (exact) mass is 279 g/mol. The Kier molecular flexibility index (Phi) is 3.32. The van der Waals surface area contributed by atoms with Crippen molar-refractivity contribution in [2.45, 2.75) is 31.8 Å². The van der Waals surface area contributed by atoms with E-state index in [-0.39, 0.29) is 0 Å². The van der Waals surface area contributed by atoms with Crippen molar-refractivity contribution in [2.24, 2.45) is 5.41 Å². The molecule has 0 amide bonds. The maximum atomic E-state index is 10.4. The minimum Gasteiger partial charge on any atom is -0.387 e. The molecule has 84 valence electrons. The molecule has 3 heteroatoms. The molecule has 0 aliphatic heterocycles. The van der Waals surface area contributed by atoms with Crippen LogP contribution in [0.1, 0.15) is 37.4 Å². The molecule has 2 rings (SSSR count). The highest BCUT2D eigenvalue weighted by Gasteiger charge is 2.42. The molecule has 1 aliphatic rings. The van der Waals surface area contributed by atoms with E-state index < -0.39 is 11.5 Å². The van der Waals surface area contributed by atoms with Gasteiger partial charge in [0, 0.05) is 4.47 Å². The predicted octanol–water partition coefficient (Wildman–Crippen LogP) is 3.57. The van der Waals surface area contributed by atoms with Crippen LogP contribution in [0.4, 0.5) is 0 Å². The predicted molar refractivity (Wildman–Crippen MR) is 65.6 cm³/mol. The molecule has 1 aliphatic carbocycles. The van der Waals surface area contributed by atoms with E-state index >= 15 is 0 Å². The number of aliphatic hydroxyl groups is 1. The highest BCUT2D eigenvalue weighted by Crippen LogP contribution is 2.48. The summed E-state index contributed by atoms with van der Waals surface area (Å²) in [6.07, 6.45) is 2.98. The second-order valence-electron chi connectivity index (χ2n) is 4.40. The van der Waals surface area contributed by atoms with E-state index in [4.69, 9.17) is 0 Å². The van der Waals surface area contributed by atoms with Gasteiger partial charge in [-0.3, -0.25) is 0 Å². The van der Waals surface area contributed by atoms with Gasteiger partial charge in [-0.25, -0.2) is 0 Å². The van der Waals surface area contributed by atoms with E-state index in [2.05, 4.69) is 22.0 Å². The van der Waals surface area contributed by atoms with Crippen LogP contribution in [0, 0.1) is 16.7 Å². The summed E-state index contributed by atoms with van der Waals surface area (Å²) >= 11 is 3.43. The summed E-state index contributed by atoms with van der Waals surface area (Å²) in [5.41, 5.74) is 0.245. The third kappa shape index (κ3) is 1.88. The molecule has 1 atom stereocenters. The Morgan fingerprint density at radius 2 is 1.94 bits per heavy atom. The van der Waals surface area contributed by atoms with Gasteiger partial charge in [-0.1, -0.05) is 47.0 Å². The minimum absolute atomic E-state index is 0.579. The number of benzene rings is 1. The van der Waals surface area contributed by atoms with Crippen LogP contribution in [0.2, 0.25) is 0 Å². The zero-order valence-electron chi connectivity index (χ0n) is 8.99. The summed E-state index contributed by atoms with van der Waals surface area (Å²) in [5.74, 6) is 0. The van der Waals surface area contributed by atoms with Crippen molar-refractivity contribution >= 4 is 15.9 Å². The number of halogens is 1. The third-order valence-corrected chi connectivity index (χ3v) is 4.16. The van der Waals surface area contributed by atoms with Gasteiger partial charge in [0.25, 0.3) is 0 Å². The van der Waals surface area contributed by atoms with Gasteiger partial charge in [0.1, 0.15) is 0 Å². The fraction of sp³-hybridized carbons (Fsp3) is 0.462. The van der Waals surface area contributed by atoms with Crippen molar-refractivity contribution in [3.63, 3.8) is 0 Å². The second-order valence-corrected chi connectivity index (χ2v) is 5.25. The van der Waals surface area contributed by atoms with Crippen LogP contribution in [-0.4, -0.2) is 5.11 Å². The Morgan fingerprint density at radius 3 is 2.50 bits per heavy atom. The third-order valence-electron chi connectivity index (χ3n) is 3.44. The van der Waals surface area contributed by atoms with Gasteiger partial charge < -0.3 is 5.11 Å². The maximum absolute atomic E-state index is 10.4. The highest BCUT2D eigenvalue weighted by molar-refractivity contribution is 9.10. The molecule has 1 saturated carbocycles. The first-order valence-corrected chi connectivity index (χ1v) is 6.33. The van der Waals surface area contributed by atoms with Crippen LogP contribution in [-0.2, 0) is 0 Å². The lowest BCUT2D eigenvalue weighted by Crippen LogP contribution is -2.24. The molecule has 1 aromatic rings. The van der Waals surface area contributed by atoms with Crippen LogP contribution in [0.15, 0.2) is 28.7 Å². The van der Waals surface area contributed by atoms with E-state index in [0.29, 0.717) is 0 Å². The fourth-order valence-corrected chi connectivity index (χ4v) is 2.95. The van der Waals surface area contributed by atoms with Crippen molar-refractivity contribution < 1.29 is 5.11 Å². The van der Waals surface area contributed by atoms with Crippen molar-refractivity contribution in [3.05, 3.63) is 34.3 Å². The molecule has 1 fully saturated rings. The molecule has 0 bridgehead atoms. The van der Waals surface area contributed by atoms with E-state index in [9.17, 15) is 10.4 Å². The Bertz CT molecular complexity index is 418. The van der Waals surface area contributed by atoms with Crippen molar-refractivity contribution in [1.82, 2.24) is 0 Å². The molecule has 0 radical (unpaired) electrons. The zero-order chi connectivity index (χ0) is 11.6. The lowest BCUT2D eigenvalue weighted by molar-refractivity contribution is 0.0665. The molecule has 1 N–H and O–H groups in total. The molecular formula is C13H14BrNO. The molecule has 2 nitrogen and oxygen atoms in total. The first-order valence-electron chi connectivity index (χ1n) is 5.53. The van der Waals surface area contributed by atoms with Gasteiger partial charge in [-0.15, -0.1) is 0 Å². The molecule has 0 heterocycles. The Morgan fingerprint density at radius 1 is 1.31 bits per heavy atom. The molecule has 0 saturated heterocycles. The summed E-state index contributed by atoms with van der Waals surface area (Å²) in [5, 5.41) is 19.7. The summed E-state index contributed by atoms with van der Waals surface area (Å²) in [4.78, 5) is 0. The Hall–Kier alpha value is -0.850. The average molecular weight is 280 g/mol. The largest absolute Gasteiger partial charge is 0.387 e. The van der Waals surface area contributed by atoms with Gasteiger partial charge in [0.05, 0.1) is 17.6 Å². The van der Waals surface area contributed by atoms with Gasteiger partial charge in [0.2, 0.25) is 0 Å². The van der Waals surface area contributed by atoms with Crippen LogP contribution >= 0.6 is 15.9 Å². The minimum atomic E-state index is -0.685. The number of nitrogens with zero attached hydrogens (tertiary/aromatic N) is 1. The van der Waals surface area contributed by atoms with Gasteiger partial charge in [-0.05, 0) is 24.5 Å².